The van der Waals surface area contributed by atoms with Crippen molar-refractivity contribution < 1.29 is 4.79 Å². The van der Waals surface area contributed by atoms with Gasteiger partial charge < -0.3 is 10.2 Å². The van der Waals surface area contributed by atoms with Crippen LogP contribution in [-0.2, 0) is 0 Å². The standard InChI is InChI=1S/C33H33N7O2/c1-23(35-32(41)29-24(2)36-39-17-9-15-34-31(29)39)28-22-26-11-7-10-25(12-8-16-38-20-18-37(3)19-21-38)30(26)33(42)40(28)27-13-5-4-6-14-27/h4-7,9-11,13-15,17,22-23H,16,18-21H2,1-3H3,(H,35,41). The number of aryl methyl sites for hydroxylation is 1. The van der Waals surface area contributed by atoms with Gasteiger partial charge in [0.15, 0.2) is 5.65 Å². The maximum Gasteiger partial charge on any atom is 0.264 e. The fourth-order valence-electron chi connectivity index (χ4n) is 5.51. The largest absolute Gasteiger partial charge is 0.344 e. The Labute approximate surface area is 244 Å². The molecule has 2 aromatic carbocycles. The Morgan fingerprint density at radius 3 is 2.62 bits per heavy atom. The number of amides is 1. The Morgan fingerprint density at radius 2 is 1.83 bits per heavy atom. The second-order valence-electron chi connectivity index (χ2n) is 10.7. The summed E-state index contributed by atoms with van der Waals surface area (Å²) in [6, 6.07) is 18.5. The Hall–Kier alpha value is -4.78. The third kappa shape index (κ3) is 5.30. The molecule has 1 unspecified atom stereocenters. The summed E-state index contributed by atoms with van der Waals surface area (Å²) in [6.07, 6.45) is 3.40. The Morgan fingerprint density at radius 1 is 1.05 bits per heavy atom. The zero-order valence-corrected chi connectivity index (χ0v) is 24.0. The highest BCUT2D eigenvalue weighted by molar-refractivity contribution is 6.01. The molecule has 9 nitrogen and oxygen atoms in total. The molecule has 42 heavy (non-hydrogen) atoms. The average Bonchev–Trinajstić information content (AvgIpc) is 3.34. The van der Waals surface area contributed by atoms with Crippen LogP contribution >= 0.6 is 0 Å². The second-order valence-corrected chi connectivity index (χ2v) is 10.7. The molecule has 0 saturated carbocycles. The topological polar surface area (TPSA) is 87.8 Å². The van der Waals surface area contributed by atoms with Crippen LogP contribution in [0.1, 0.15) is 40.3 Å². The SMILES string of the molecule is Cc1nn2cccnc2c1C(=O)NC(C)c1cc2cccc(C#CCN3CCN(C)CC3)c2c(=O)n1-c1ccccc1. The molecule has 1 fully saturated rings. The van der Waals surface area contributed by atoms with E-state index in [-0.39, 0.29) is 11.5 Å². The lowest BCUT2D eigenvalue weighted by Gasteiger charge is -2.30. The molecule has 3 aromatic heterocycles. The fourth-order valence-corrected chi connectivity index (χ4v) is 5.51. The molecule has 1 atom stereocenters. The molecule has 1 aliphatic heterocycles. The number of rotatable bonds is 5. The van der Waals surface area contributed by atoms with Gasteiger partial charge in [-0.05, 0) is 56.6 Å². The van der Waals surface area contributed by atoms with Gasteiger partial charge in [-0.1, -0.05) is 42.2 Å². The van der Waals surface area contributed by atoms with Crippen LogP contribution in [0.5, 0.6) is 0 Å². The van der Waals surface area contributed by atoms with Crippen molar-refractivity contribution in [3.63, 3.8) is 0 Å². The number of likely N-dealkylation sites (N-methyl/N-ethyl adjacent to an activating group) is 1. The predicted octanol–water partition coefficient (Wildman–Crippen LogP) is 3.43. The molecule has 212 valence electrons. The number of aromatic nitrogens is 4. The van der Waals surface area contributed by atoms with E-state index in [1.54, 1.807) is 34.5 Å². The van der Waals surface area contributed by atoms with Gasteiger partial charge >= 0.3 is 0 Å². The van der Waals surface area contributed by atoms with E-state index in [4.69, 9.17) is 0 Å². The van der Waals surface area contributed by atoms with Crippen molar-refractivity contribution in [2.24, 2.45) is 0 Å². The normalized spacial score (nSPS) is 14.9. The summed E-state index contributed by atoms with van der Waals surface area (Å²) in [4.78, 5) is 36.8. The maximum absolute atomic E-state index is 14.3. The average molecular weight is 560 g/mol. The number of carbonyl (C=O) groups is 1. The van der Waals surface area contributed by atoms with Crippen molar-refractivity contribution in [1.29, 1.82) is 0 Å². The predicted molar refractivity (Wildman–Crippen MR) is 164 cm³/mol. The number of piperazine rings is 1. The number of para-hydroxylation sites is 1. The van der Waals surface area contributed by atoms with Gasteiger partial charge in [-0.25, -0.2) is 9.50 Å². The van der Waals surface area contributed by atoms with Gasteiger partial charge in [-0.2, -0.15) is 5.10 Å². The summed E-state index contributed by atoms with van der Waals surface area (Å²) in [5.41, 5.74) is 3.39. The molecule has 0 bridgehead atoms. The molecule has 1 N–H and O–H groups in total. The molecular formula is C33H33N7O2. The minimum absolute atomic E-state index is 0.173. The van der Waals surface area contributed by atoms with Crippen LogP contribution in [-0.4, -0.2) is 74.6 Å². The third-order valence-corrected chi connectivity index (χ3v) is 7.80. The summed E-state index contributed by atoms with van der Waals surface area (Å²) in [5.74, 6) is 6.28. The molecule has 1 amide bonds. The number of carbonyl (C=O) groups excluding carboxylic acids is 1. The van der Waals surface area contributed by atoms with Crippen LogP contribution < -0.4 is 10.9 Å². The lowest BCUT2D eigenvalue weighted by atomic mass is 10.0. The zero-order chi connectivity index (χ0) is 29.2. The first-order chi connectivity index (χ1) is 20.4. The summed E-state index contributed by atoms with van der Waals surface area (Å²) in [7, 11) is 2.13. The molecule has 6 rings (SSSR count). The first-order valence-electron chi connectivity index (χ1n) is 14.2. The minimum atomic E-state index is -0.500. The molecule has 0 aliphatic carbocycles. The molecule has 0 radical (unpaired) electrons. The lowest BCUT2D eigenvalue weighted by Crippen LogP contribution is -2.44. The van der Waals surface area contributed by atoms with Crippen LogP contribution in [0, 0.1) is 18.8 Å². The molecule has 1 aliphatic rings. The number of pyridine rings is 1. The number of hydrogen-bond acceptors (Lipinski definition) is 6. The van der Waals surface area contributed by atoms with E-state index in [0.29, 0.717) is 40.1 Å². The van der Waals surface area contributed by atoms with E-state index >= 15 is 0 Å². The quantitative estimate of drug-likeness (QED) is 0.332. The van der Waals surface area contributed by atoms with Gasteiger partial charge in [-0.3, -0.25) is 19.1 Å². The van der Waals surface area contributed by atoms with E-state index in [1.807, 2.05) is 61.5 Å². The summed E-state index contributed by atoms with van der Waals surface area (Å²) >= 11 is 0. The van der Waals surface area contributed by atoms with E-state index in [0.717, 1.165) is 37.3 Å². The van der Waals surface area contributed by atoms with Crippen LogP contribution in [0.3, 0.4) is 0 Å². The maximum atomic E-state index is 14.3. The first kappa shape index (κ1) is 27.4. The van der Waals surface area contributed by atoms with Crippen LogP contribution in [0.4, 0.5) is 0 Å². The number of nitrogens with one attached hydrogen (secondary N) is 1. The van der Waals surface area contributed by atoms with Crippen molar-refractivity contribution in [2.45, 2.75) is 19.9 Å². The van der Waals surface area contributed by atoms with Crippen LogP contribution in [0.2, 0.25) is 0 Å². The van der Waals surface area contributed by atoms with Crippen molar-refractivity contribution >= 4 is 22.3 Å². The Bertz CT molecular complexity index is 1890. The highest BCUT2D eigenvalue weighted by atomic mass is 16.2. The number of nitrogens with zero attached hydrogens (tertiary/aromatic N) is 6. The molecule has 9 heteroatoms. The van der Waals surface area contributed by atoms with Crippen molar-refractivity contribution in [3.05, 3.63) is 106 Å². The third-order valence-electron chi connectivity index (χ3n) is 7.80. The second kappa shape index (κ2) is 11.6. The van der Waals surface area contributed by atoms with Gasteiger partial charge in [-0.15, -0.1) is 0 Å². The number of benzene rings is 2. The first-order valence-corrected chi connectivity index (χ1v) is 14.2. The van der Waals surface area contributed by atoms with Crippen molar-refractivity contribution in [2.75, 3.05) is 39.8 Å². The highest BCUT2D eigenvalue weighted by Crippen LogP contribution is 2.24. The van der Waals surface area contributed by atoms with Crippen LogP contribution in [0.15, 0.2) is 77.9 Å². The molecule has 5 aromatic rings. The highest BCUT2D eigenvalue weighted by Gasteiger charge is 2.23. The Kier molecular flexibility index (Phi) is 7.57. The number of hydrogen-bond donors (Lipinski definition) is 1. The summed E-state index contributed by atoms with van der Waals surface area (Å²) in [6.45, 7) is 8.36. The van der Waals surface area contributed by atoms with E-state index < -0.39 is 6.04 Å². The molecular weight excluding hydrogens is 526 g/mol. The van der Waals surface area contributed by atoms with Crippen molar-refractivity contribution in [3.8, 4) is 17.5 Å². The van der Waals surface area contributed by atoms with Gasteiger partial charge in [0.1, 0.15) is 5.56 Å². The molecule has 0 spiro atoms. The lowest BCUT2D eigenvalue weighted by molar-refractivity contribution is 0.0939. The smallest absolute Gasteiger partial charge is 0.264 e. The monoisotopic (exact) mass is 559 g/mol. The molecule has 4 heterocycles. The fraction of sp³-hybridized carbons (Fsp3) is 0.273. The summed E-state index contributed by atoms with van der Waals surface area (Å²) < 4.78 is 3.28. The van der Waals surface area contributed by atoms with E-state index in [9.17, 15) is 9.59 Å². The summed E-state index contributed by atoms with van der Waals surface area (Å²) in [5, 5.41) is 8.86. The van der Waals surface area contributed by atoms with Gasteiger partial charge in [0.05, 0.1) is 23.7 Å². The molecule has 1 saturated heterocycles. The van der Waals surface area contributed by atoms with E-state index in [1.165, 1.54) is 0 Å². The number of fused-ring (bicyclic) bond motifs is 2. The Balaban J connectivity index is 1.39. The van der Waals surface area contributed by atoms with Gasteiger partial charge in [0.2, 0.25) is 0 Å². The minimum Gasteiger partial charge on any atom is -0.344 e. The van der Waals surface area contributed by atoms with Gasteiger partial charge in [0, 0.05) is 55.5 Å². The zero-order valence-electron chi connectivity index (χ0n) is 24.0. The van der Waals surface area contributed by atoms with Crippen LogP contribution in [0.25, 0.3) is 22.1 Å². The van der Waals surface area contributed by atoms with Crippen molar-refractivity contribution in [1.82, 2.24) is 34.3 Å². The van der Waals surface area contributed by atoms with Gasteiger partial charge in [0.25, 0.3) is 11.5 Å². The van der Waals surface area contributed by atoms with E-state index in [2.05, 4.69) is 44.1 Å².